The lowest BCUT2D eigenvalue weighted by Crippen LogP contribution is -2.52. The summed E-state index contributed by atoms with van der Waals surface area (Å²) in [6.45, 7) is 3.91. The summed E-state index contributed by atoms with van der Waals surface area (Å²) in [7, 11) is 0. The van der Waals surface area contributed by atoms with Gasteiger partial charge in [0.2, 0.25) is 5.82 Å². The van der Waals surface area contributed by atoms with Crippen LogP contribution in [0, 0.1) is 6.92 Å². The molecule has 1 aromatic heterocycles. The quantitative estimate of drug-likeness (QED) is 0.819. The molecule has 7 heteroatoms. The maximum Gasteiger partial charge on any atom is 0.329 e. The lowest BCUT2D eigenvalue weighted by molar-refractivity contribution is -0.148. The molecule has 0 saturated carbocycles. The molecule has 1 atom stereocenters. The molecule has 98 valence electrons. The number of aryl methyl sites for hydroxylation is 1. The molecule has 1 amide bonds. The summed E-state index contributed by atoms with van der Waals surface area (Å²) in [5.41, 5.74) is -1.11. The number of rotatable bonds is 3. The number of nitrogens with one attached hydrogen (secondary N) is 1. The Kier molecular flexibility index (Phi) is 3.06. The standard InChI is InChI=1S/C11H16N4O3/c1-3-11(10(17)18)5-4-6-15(11)9(16)8-12-7(2)13-14-8/h3-6H2,1-2H3,(H,17,18)(H,12,13,14). The number of hydrogen-bond acceptors (Lipinski definition) is 4. The molecule has 0 aliphatic carbocycles. The van der Waals surface area contributed by atoms with Crippen molar-refractivity contribution in [3.63, 3.8) is 0 Å². The van der Waals surface area contributed by atoms with E-state index in [9.17, 15) is 14.7 Å². The summed E-state index contributed by atoms with van der Waals surface area (Å²) >= 11 is 0. The Morgan fingerprint density at radius 3 is 2.78 bits per heavy atom. The molecule has 7 nitrogen and oxygen atoms in total. The van der Waals surface area contributed by atoms with E-state index in [1.165, 1.54) is 4.90 Å². The second-order valence-electron chi connectivity index (χ2n) is 4.50. The molecule has 0 bridgehead atoms. The van der Waals surface area contributed by atoms with Crippen molar-refractivity contribution in [3.05, 3.63) is 11.6 Å². The molecule has 0 spiro atoms. The van der Waals surface area contributed by atoms with Gasteiger partial charge in [0.25, 0.3) is 5.91 Å². The van der Waals surface area contributed by atoms with E-state index in [1.807, 2.05) is 0 Å². The van der Waals surface area contributed by atoms with Crippen molar-refractivity contribution in [2.45, 2.75) is 38.6 Å². The number of carboxylic acids is 1. The fraction of sp³-hybridized carbons (Fsp3) is 0.636. The van der Waals surface area contributed by atoms with Gasteiger partial charge in [0.05, 0.1) is 0 Å². The summed E-state index contributed by atoms with van der Waals surface area (Å²) in [6, 6.07) is 0. The van der Waals surface area contributed by atoms with Crippen molar-refractivity contribution in [3.8, 4) is 0 Å². The third-order valence-electron chi connectivity index (χ3n) is 3.51. The maximum atomic E-state index is 12.3. The largest absolute Gasteiger partial charge is 0.479 e. The number of aromatic amines is 1. The van der Waals surface area contributed by atoms with E-state index in [-0.39, 0.29) is 5.82 Å². The normalized spacial score (nSPS) is 23.3. The van der Waals surface area contributed by atoms with Gasteiger partial charge in [0.1, 0.15) is 11.4 Å². The predicted octanol–water partition coefficient (Wildman–Crippen LogP) is 0.583. The van der Waals surface area contributed by atoms with Crippen molar-refractivity contribution in [2.75, 3.05) is 6.54 Å². The number of nitrogens with zero attached hydrogens (tertiary/aromatic N) is 3. The van der Waals surface area contributed by atoms with Crippen LogP contribution in [0.25, 0.3) is 0 Å². The number of aromatic nitrogens is 3. The summed E-state index contributed by atoms with van der Waals surface area (Å²) in [4.78, 5) is 29.1. The Morgan fingerprint density at radius 2 is 2.28 bits per heavy atom. The molecule has 0 radical (unpaired) electrons. The number of likely N-dealkylation sites (tertiary alicyclic amines) is 1. The first-order valence-corrected chi connectivity index (χ1v) is 5.95. The summed E-state index contributed by atoms with van der Waals surface area (Å²) in [5.74, 6) is -0.798. The van der Waals surface area contributed by atoms with E-state index in [0.29, 0.717) is 31.6 Å². The highest BCUT2D eigenvalue weighted by atomic mass is 16.4. The topological polar surface area (TPSA) is 99.2 Å². The monoisotopic (exact) mass is 252 g/mol. The van der Waals surface area contributed by atoms with Crippen molar-refractivity contribution in [2.24, 2.45) is 0 Å². The lowest BCUT2D eigenvalue weighted by Gasteiger charge is -2.33. The zero-order valence-corrected chi connectivity index (χ0v) is 10.4. The third kappa shape index (κ3) is 1.75. The van der Waals surface area contributed by atoms with Gasteiger partial charge in [-0.3, -0.25) is 9.89 Å². The summed E-state index contributed by atoms with van der Waals surface area (Å²) in [6.07, 6.45) is 1.56. The van der Waals surface area contributed by atoms with E-state index in [0.717, 1.165) is 0 Å². The first-order valence-electron chi connectivity index (χ1n) is 5.95. The highest BCUT2D eigenvalue weighted by Crippen LogP contribution is 2.33. The highest BCUT2D eigenvalue weighted by Gasteiger charge is 2.49. The Balaban J connectivity index is 2.32. The van der Waals surface area contributed by atoms with Crippen LogP contribution in [-0.4, -0.2) is 49.1 Å². The van der Waals surface area contributed by atoms with Crippen LogP contribution < -0.4 is 0 Å². The minimum atomic E-state index is -1.11. The van der Waals surface area contributed by atoms with E-state index in [4.69, 9.17) is 0 Å². The molecule has 1 saturated heterocycles. The number of carboxylic acid groups (broad SMARTS) is 1. The van der Waals surface area contributed by atoms with Gasteiger partial charge in [-0.2, -0.15) is 0 Å². The molecule has 2 rings (SSSR count). The molecule has 2 N–H and O–H groups in total. The van der Waals surface area contributed by atoms with Gasteiger partial charge < -0.3 is 10.0 Å². The van der Waals surface area contributed by atoms with Gasteiger partial charge in [-0.1, -0.05) is 6.92 Å². The third-order valence-corrected chi connectivity index (χ3v) is 3.51. The average molecular weight is 252 g/mol. The average Bonchev–Trinajstić information content (AvgIpc) is 2.94. The van der Waals surface area contributed by atoms with Crippen LogP contribution in [0.1, 0.15) is 42.6 Å². The fourth-order valence-corrected chi connectivity index (χ4v) is 2.47. The molecule has 1 fully saturated rings. The minimum Gasteiger partial charge on any atom is -0.479 e. The highest BCUT2D eigenvalue weighted by molar-refractivity contribution is 5.95. The zero-order chi connectivity index (χ0) is 13.3. The second-order valence-corrected chi connectivity index (χ2v) is 4.50. The first-order chi connectivity index (χ1) is 8.51. The van der Waals surface area contributed by atoms with Gasteiger partial charge in [-0.15, -0.1) is 5.10 Å². The Morgan fingerprint density at radius 1 is 1.56 bits per heavy atom. The van der Waals surface area contributed by atoms with E-state index < -0.39 is 17.4 Å². The van der Waals surface area contributed by atoms with E-state index in [1.54, 1.807) is 13.8 Å². The van der Waals surface area contributed by atoms with Crippen molar-refractivity contribution in [1.29, 1.82) is 0 Å². The van der Waals surface area contributed by atoms with Gasteiger partial charge in [-0.25, -0.2) is 9.78 Å². The smallest absolute Gasteiger partial charge is 0.329 e. The zero-order valence-electron chi connectivity index (χ0n) is 10.4. The van der Waals surface area contributed by atoms with Gasteiger partial charge in [0, 0.05) is 6.54 Å². The van der Waals surface area contributed by atoms with Crippen LogP contribution in [0.15, 0.2) is 0 Å². The van der Waals surface area contributed by atoms with Gasteiger partial charge in [0.15, 0.2) is 0 Å². The van der Waals surface area contributed by atoms with Crippen molar-refractivity contribution >= 4 is 11.9 Å². The molecule has 1 aromatic rings. The van der Waals surface area contributed by atoms with Crippen LogP contribution >= 0.6 is 0 Å². The van der Waals surface area contributed by atoms with Crippen LogP contribution in [0.2, 0.25) is 0 Å². The maximum absolute atomic E-state index is 12.3. The molecular weight excluding hydrogens is 236 g/mol. The molecule has 0 aromatic carbocycles. The Labute approximate surface area is 104 Å². The molecular formula is C11H16N4O3. The first kappa shape index (κ1) is 12.5. The predicted molar refractivity (Wildman–Crippen MR) is 62.0 cm³/mol. The molecule has 1 unspecified atom stereocenters. The molecule has 2 heterocycles. The second kappa shape index (κ2) is 4.40. The number of carbonyl (C=O) groups excluding carboxylic acids is 1. The van der Waals surface area contributed by atoms with Crippen LogP contribution in [0.5, 0.6) is 0 Å². The van der Waals surface area contributed by atoms with Crippen LogP contribution in [0.3, 0.4) is 0 Å². The van der Waals surface area contributed by atoms with Gasteiger partial charge in [-0.05, 0) is 26.2 Å². The number of aliphatic carboxylic acids is 1. The van der Waals surface area contributed by atoms with Crippen LogP contribution in [0.4, 0.5) is 0 Å². The number of H-pyrrole nitrogens is 1. The lowest BCUT2D eigenvalue weighted by atomic mass is 9.93. The molecule has 18 heavy (non-hydrogen) atoms. The van der Waals surface area contributed by atoms with Gasteiger partial charge >= 0.3 is 5.97 Å². The van der Waals surface area contributed by atoms with E-state index in [2.05, 4.69) is 15.2 Å². The van der Waals surface area contributed by atoms with Crippen LogP contribution in [-0.2, 0) is 4.79 Å². The minimum absolute atomic E-state index is 0.0356. The van der Waals surface area contributed by atoms with E-state index >= 15 is 0 Å². The number of carbonyl (C=O) groups is 2. The summed E-state index contributed by atoms with van der Waals surface area (Å²) < 4.78 is 0. The van der Waals surface area contributed by atoms with Crippen molar-refractivity contribution in [1.82, 2.24) is 20.1 Å². The summed E-state index contributed by atoms with van der Waals surface area (Å²) in [5, 5.41) is 15.8. The fourth-order valence-electron chi connectivity index (χ4n) is 2.47. The van der Waals surface area contributed by atoms with Crippen molar-refractivity contribution < 1.29 is 14.7 Å². The molecule has 1 aliphatic rings. The number of hydrogen-bond donors (Lipinski definition) is 2. The molecule has 1 aliphatic heterocycles. The number of amides is 1. The SMILES string of the molecule is CCC1(C(=O)O)CCCN1C(=O)c1n[nH]c(C)n1. The Hall–Kier alpha value is -1.92. The Bertz CT molecular complexity index is 484.